The van der Waals surface area contributed by atoms with Gasteiger partial charge in [-0.2, -0.15) is 4.98 Å². The smallest absolute Gasteiger partial charge is 0.231 e. The molecule has 1 aliphatic rings. The van der Waals surface area contributed by atoms with Crippen LogP contribution in [0.3, 0.4) is 0 Å². The maximum absolute atomic E-state index is 5.47. The lowest BCUT2D eigenvalue weighted by molar-refractivity contribution is 0.0389. The van der Waals surface area contributed by atoms with E-state index in [9.17, 15) is 0 Å². The van der Waals surface area contributed by atoms with E-state index < -0.39 is 0 Å². The molecule has 3 rings (SSSR count). The summed E-state index contributed by atoms with van der Waals surface area (Å²) in [6.45, 7) is 9.73. The molecule has 1 fully saturated rings. The van der Waals surface area contributed by atoms with Crippen LogP contribution in [0.1, 0.15) is 12.6 Å². The van der Waals surface area contributed by atoms with Crippen LogP contribution in [0.5, 0.6) is 5.75 Å². The highest BCUT2D eigenvalue weighted by molar-refractivity contribution is 7.80. The molecule has 0 atom stereocenters. The predicted molar refractivity (Wildman–Crippen MR) is 119 cm³/mol. The Morgan fingerprint density at radius 1 is 1.21 bits per heavy atom. The third-order valence-corrected chi connectivity index (χ3v) is 4.58. The van der Waals surface area contributed by atoms with Gasteiger partial charge >= 0.3 is 0 Å². The summed E-state index contributed by atoms with van der Waals surface area (Å²) in [5.41, 5.74) is 1.76. The van der Waals surface area contributed by atoms with Crippen molar-refractivity contribution in [2.24, 2.45) is 0 Å². The van der Waals surface area contributed by atoms with Crippen molar-refractivity contribution in [3.63, 3.8) is 0 Å². The predicted octanol–water partition coefficient (Wildman–Crippen LogP) is 2.55. The molecule has 2 heterocycles. The fraction of sp³-hybridized carbons (Fsp3) is 0.450. The lowest BCUT2D eigenvalue weighted by Crippen LogP contribution is -2.42. The van der Waals surface area contributed by atoms with Gasteiger partial charge < -0.3 is 25.4 Å². The maximum Gasteiger partial charge on any atom is 0.231 e. The van der Waals surface area contributed by atoms with Crippen molar-refractivity contribution in [2.45, 2.75) is 13.8 Å². The Kier molecular flexibility index (Phi) is 7.97. The number of thiocarbonyl (C=S) groups is 1. The standard InChI is InChI=1S/C20H28N6O2S/c1-3-28-17-6-4-16(5-7-17)23-18-14-15(2)22-19(24-18)25-20(29)21-8-9-26-10-12-27-13-11-26/h4-7,14H,3,8-13H2,1-2H3,(H3,21,22,23,24,25,29). The second-order valence-corrected chi connectivity index (χ2v) is 7.04. The maximum atomic E-state index is 5.47. The van der Waals surface area contributed by atoms with E-state index in [0.717, 1.165) is 56.5 Å². The van der Waals surface area contributed by atoms with E-state index in [-0.39, 0.29) is 0 Å². The first-order valence-electron chi connectivity index (χ1n) is 9.83. The minimum absolute atomic E-state index is 0.460. The van der Waals surface area contributed by atoms with Crippen LogP contribution in [0.15, 0.2) is 30.3 Å². The van der Waals surface area contributed by atoms with E-state index in [1.807, 2.05) is 44.2 Å². The first-order chi connectivity index (χ1) is 14.1. The average Bonchev–Trinajstić information content (AvgIpc) is 2.70. The van der Waals surface area contributed by atoms with Crippen molar-refractivity contribution in [3.05, 3.63) is 36.0 Å². The van der Waals surface area contributed by atoms with Crippen molar-refractivity contribution in [1.82, 2.24) is 20.2 Å². The molecule has 8 nitrogen and oxygen atoms in total. The van der Waals surface area contributed by atoms with Crippen LogP contribution in [-0.4, -0.2) is 66.0 Å². The highest BCUT2D eigenvalue weighted by Gasteiger charge is 2.10. The Labute approximate surface area is 177 Å². The number of rotatable bonds is 8. The van der Waals surface area contributed by atoms with Gasteiger partial charge in [0, 0.05) is 43.6 Å². The summed E-state index contributed by atoms with van der Waals surface area (Å²) < 4.78 is 10.8. The number of nitrogens with zero attached hydrogens (tertiary/aromatic N) is 3. The van der Waals surface area contributed by atoms with Crippen LogP contribution in [-0.2, 0) is 4.74 Å². The number of anilines is 3. The van der Waals surface area contributed by atoms with Gasteiger partial charge in [-0.1, -0.05) is 0 Å². The van der Waals surface area contributed by atoms with Gasteiger partial charge in [0.05, 0.1) is 19.8 Å². The second kappa shape index (κ2) is 10.9. The van der Waals surface area contributed by atoms with E-state index in [4.69, 9.17) is 21.7 Å². The van der Waals surface area contributed by atoms with Crippen LogP contribution in [0.4, 0.5) is 17.5 Å². The second-order valence-electron chi connectivity index (χ2n) is 6.64. The molecule has 156 valence electrons. The van der Waals surface area contributed by atoms with Crippen molar-refractivity contribution in [2.75, 3.05) is 56.6 Å². The number of hydrogen-bond acceptors (Lipinski definition) is 7. The quantitative estimate of drug-likeness (QED) is 0.562. The van der Waals surface area contributed by atoms with Gasteiger partial charge in [0.25, 0.3) is 0 Å². The van der Waals surface area contributed by atoms with Crippen molar-refractivity contribution in [1.29, 1.82) is 0 Å². The zero-order valence-corrected chi connectivity index (χ0v) is 17.7. The molecule has 0 unspecified atom stereocenters. The number of aromatic nitrogens is 2. The zero-order valence-electron chi connectivity index (χ0n) is 16.9. The topological polar surface area (TPSA) is 83.6 Å². The summed E-state index contributed by atoms with van der Waals surface area (Å²) in [6, 6.07) is 9.64. The van der Waals surface area contributed by atoms with E-state index >= 15 is 0 Å². The lowest BCUT2D eigenvalue weighted by atomic mass is 10.3. The summed E-state index contributed by atoms with van der Waals surface area (Å²) in [7, 11) is 0. The molecule has 1 aliphatic heterocycles. The van der Waals surface area contributed by atoms with Crippen LogP contribution < -0.4 is 20.7 Å². The minimum atomic E-state index is 0.460. The van der Waals surface area contributed by atoms with E-state index in [1.54, 1.807) is 0 Å². The van der Waals surface area contributed by atoms with Crippen molar-refractivity contribution < 1.29 is 9.47 Å². The summed E-state index contributed by atoms with van der Waals surface area (Å²) >= 11 is 5.38. The zero-order chi connectivity index (χ0) is 20.5. The number of hydrogen-bond donors (Lipinski definition) is 3. The molecule has 2 aromatic rings. The number of benzene rings is 1. The normalized spacial score (nSPS) is 14.3. The molecule has 9 heteroatoms. The Hall–Kier alpha value is -2.49. The molecule has 0 amide bonds. The molecule has 1 aromatic carbocycles. The fourth-order valence-electron chi connectivity index (χ4n) is 2.94. The van der Waals surface area contributed by atoms with Crippen molar-refractivity contribution in [3.8, 4) is 5.75 Å². The third-order valence-electron chi connectivity index (χ3n) is 4.33. The lowest BCUT2D eigenvalue weighted by Gasteiger charge is -2.26. The first-order valence-corrected chi connectivity index (χ1v) is 10.2. The molecule has 0 spiro atoms. The van der Waals surface area contributed by atoms with E-state index in [0.29, 0.717) is 23.5 Å². The molecule has 0 bridgehead atoms. The molecular formula is C20H28N6O2S. The summed E-state index contributed by atoms with van der Waals surface area (Å²) in [5.74, 6) is 2.00. The van der Waals surface area contributed by atoms with Crippen LogP contribution >= 0.6 is 12.2 Å². The number of ether oxygens (including phenoxy) is 2. The average molecular weight is 417 g/mol. The fourth-order valence-corrected chi connectivity index (χ4v) is 3.13. The van der Waals surface area contributed by atoms with Crippen LogP contribution in [0.2, 0.25) is 0 Å². The largest absolute Gasteiger partial charge is 0.494 e. The summed E-state index contributed by atoms with van der Waals surface area (Å²) in [6.07, 6.45) is 0. The van der Waals surface area contributed by atoms with Gasteiger partial charge in [0.1, 0.15) is 11.6 Å². The number of nitrogens with one attached hydrogen (secondary N) is 3. The summed E-state index contributed by atoms with van der Waals surface area (Å²) in [5, 5.41) is 10.1. The molecule has 1 aromatic heterocycles. The highest BCUT2D eigenvalue weighted by Crippen LogP contribution is 2.20. The first kappa shape index (κ1) is 21.2. The van der Waals surface area contributed by atoms with Gasteiger partial charge in [-0.25, -0.2) is 4.98 Å². The molecule has 0 aliphatic carbocycles. The van der Waals surface area contributed by atoms with Gasteiger partial charge in [-0.3, -0.25) is 4.90 Å². The van der Waals surface area contributed by atoms with Gasteiger partial charge in [-0.15, -0.1) is 0 Å². The molecule has 1 saturated heterocycles. The van der Waals surface area contributed by atoms with E-state index in [1.165, 1.54) is 0 Å². The highest BCUT2D eigenvalue weighted by atomic mass is 32.1. The van der Waals surface area contributed by atoms with Gasteiger partial charge in [0.2, 0.25) is 5.95 Å². The Bertz CT molecular complexity index is 796. The minimum Gasteiger partial charge on any atom is -0.494 e. The molecule has 3 N–H and O–H groups in total. The Balaban J connectivity index is 1.51. The monoisotopic (exact) mass is 416 g/mol. The van der Waals surface area contributed by atoms with E-state index in [2.05, 4.69) is 30.8 Å². The van der Waals surface area contributed by atoms with Crippen molar-refractivity contribution >= 4 is 34.8 Å². The van der Waals surface area contributed by atoms with Crippen LogP contribution in [0.25, 0.3) is 0 Å². The Morgan fingerprint density at radius 2 is 1.97 bits per heavy atom. The number of aryl methyl sites for hydroxylation is 1. The Morgan fingerprint density at radius 3 is 2.69 bits per heavy atom. The summed E-state index contributed by atoms with van der Waals surface area (Å²) in [4.78, 5) is 11.3. The van der Waals surface area contributed by atoms with Gasteiger partial charge in [0.15, 0.2) is 5.11 Å². The number of morpholine rings is 1. The molecule has 0 saturated carbocycles. The van der Waals surface area contributed by atoms with Crippen LogP contribution in [0, 0.1) is 6.92 Å². The molecule has 0 radical (unpaired) electrons. The molecule has 29 heavy (non-hydrogen) atoms. The molecular weight excluding hydrogens is 388 g/mol. The SMILES string of the molecule is CCOc1ccc(Nc2cc(C)nc(NC(=S)NCCN3CCOCC3)n2)cc1. The van der Waals surface area contributed by atoms with Gasteiger partial charge in [-0.05, 0) is 50.3 Å². The third kappa shape index (κ3) is 7.12.